The van der Waals surface area contributed by atoms with Crippen LogP contribution in [0.2, 0.25) is 0 Å². The minimum absolute atomic E-state index is 0.0408. The van der Waals surface area contributed by atoms with E-state index in [-0.39, 0.29) is 11.5 Å². The summed E-state index contributed by atoms with van der Waals surface area (Å²) in [6.45, 7) is 0.717. The smallest absolute Gasteiger partial charge is 0.319 e. The number of nitrogens with one attached hydrogen (secondary N) is 1. The molecule has 0 heterocycles. The van der Waals surface area contributed by atoms with Gasteiger partial charge in [-0.05, 0) is 38.1 Å². The molecular formula is C15H27F3N2. The van der Waals surface area contributed by atoms with Crippen LogP contribution in [0.5, 0.6) is 0 Å². The van der Waals surface area contributed by atoms with Crippen molar-refractivity contribution >= 4 is 0 Å². The second-order valence-corrected chi connectivity index (χ2v) is 6.70. The molecule has 20 heavy (non-hydrogen) atoms. The fraction of sp³-hybridized carbons (Fsp3) is 1.00. The largest absolute Gasteiger partial charge is 0.401 e. The molecule has 2 aliphatic carbocycles. The summed E-state index contributed by atoms with van der Waals surface area (Å²) in [4.78, 5) is 1.71. The molecule has 0 aromatic heterocycles. The Hall–Kier alpha value is -0.290. The van der Waals surface area contributed by atoms with E-state index in [0.29, 0.717) is 6.54 Å². The van der Waals surface area contributed by atoms with E-state index in [2.05, 4.69) is 5.32 Å². The summed E-state index contributed by atoms with van der Waals surface area (Å²) in [5.41, 5.74) is 0.0408. The maximum absolute atomic E-state index is 12.8. The molecular weight excluding hydrogens is 265 g/mol. The molecule has 0 aliphatic heterocycles. The lowest BCUT2D eigenvalue weighted by Gasteiger charge is -2.38. The highest BCUT2D eigenvalue weighted by Crippen LogP contribution is 2.39. The van der Waals surface area contributed by atoms with Crippen LogP contribution in [0.15, 0.2) is 0 Å². The highest BCUT2D eigenvalue weighted by atomic mass is 19.4. The Balaban J connectivity index is 2.03. The van der Waals surface area contributed by atoms with Gasteiger partial charge in [-0.2, -0.15) is 13.2 Å². The van der Waals surface area contributed by atoms with Gasteiger partial charge in [0.2, 0.25) is 0 Å². The summed E-state index contributed by atoms with van der Waals surface area (Å²) in [7, 11) is 1.91. The van der Waals surface area contributed by atoms with Crippen LogP contribution in [-0.2, 0) is 0 Å². The van der Waals surface area contributed by atoms with E-state index in [4.69, 9.17) is 0 Å². The van der Waals surface area contributed by atoms with Crippen LogP contribution >= 0.6 is 0 Å². The highest BCUT2D eigenvalue weighted by molar-refractivity contribution is 4.93. The van der Waals surface area contributed by atoms with Gasteiger partial charge in [0, 0.05) is 19.1 Å². The molecule has 118 valence electrons. The van der Waals surface area contributed by atoms with Gasteiger partial charge in [-0.3, -0.25) is 4.90 Å². The van der Waals surface area contributed by atoms with Crippen molar-refractivity contribution in [1.82, 2.24) is 10.2 Å². The van der Waals surface area contributed by atoms with Crippen LogP contribution in [0.3, 0.4) is 0 Å². The fourth-order valence-electron chi connectivity index (χ4n) is 3.66. The first kappa shape index (κ1) is 16.1. The molecule has 2 aliphatic rings. The predicted molar refractivity (Wildman–Crippen MR) is 74.7 cm³/mol. The van der Waals surface area contributed by atoms with Gasteiger partial charge >= 0.3 is 6.18 Å². The molecule has 5 heteroatoms. The molecule has 0 radical (unpaired) electrons. The molecule has 0 aromatic rings. The maximum Gasteiger partial charge on any atom is 0.401 e. The summed E-state index contributed by atoms with van der Waals surface area (Å²) in [5, 5.41) is 3.23. The SMILES string of the molecule is CNCC1(CN(CC(F)(F)F)C2CC2)CCCCCC1. The summed E-state index contributed by atoms with van der Waals surface area (Å²) in [6.07, 6.45) is 4.70. The van der Waals surface area contributed by atoms with Gasteiger partial charge in [0.15, 0.2) is 0 Å². The van der Waals surface area contributed by atoms with E-state index in [9.17, 15) is 13.2 Å². The van der Waals surface area contributed by atoms with Crippen molar-refractivity contribution < 1.29 is 13.2 Å². The zero-order chi connectivity index (χ0) is 14.6. The van der Waals surface area contributed by atoms with Gasteiger partial charge in [0.1, 0.15) is 0 Å². The van der Waals surface area contributed by atoms with Crippen LogP contribution in [0.1, 0.15) is 51.4 Å². The lowest BCUT2D eigenvalue weighted by molar-refractivity contribution is -0.150. The Morgan fingerprint density at radius 1 is 1.10 bits per heavy atom. The summed E-state index contributed by atoms with van der Waals surface area (Å²) in [5.74, 6) is 0. The quantitative estimate of drug-likeness (QED) is 0.753. The average molecular weight is 292 g/mol. The number of alkyl halides is 3. The highest BCUT2D eigenvalue weighted by Gasteiger charge is 2.42. The first-order valence-electron chi connectivity index (χ1n) is 7.90. The molecule has 0 amide bonds. The van der Waals surface area contributed by atoms with Crippen molar-refractivity contribution in [3.05, 3.63) is 0 Å². The summed E-state index contributed by atoms with van der Waals surface area (Å²) >= 11 is 0. The van der Waals surface area contributed by atoms with Gasteiger partial charge in [-0.15, -0.1) is 0 Å². The Labute approximate surface area is 120 Å². The average Bonchev–Trinajstić information content (AvgIpc) is 3.13. The Bertz CT molecular complexity index is 292. The lowest BCUT2D eigenvalue weighted by atomic mass is 9.79. The fourth-order valence-corrected chi connectivity index (χ4v) is 3.66. The Morgan fingerprint density at radius 2 is 1.70 bits per heavy atom. The van der Waals surface area contributed by atoms with E-state index in [1.165, 1.54) is 12.8 Å². The monoisotopic (exact) mass is 292 g/mol. The molecule has 2 rings (SSSR count). The maximum atomic E-state index is 12.8. The molecule has 0 spiro atoms. The number of halogens is 3. The van der Waals surface area contributed by atoms with Crippen molar-refractivity contribution in [2.75, 3.05) is 26.7 Å². The van der Waals surface area contributed by atoms with Crippen LogP contribution < -0.4 is 5.32 Å². The molecule has 2 fully saturated rings. The first-order valence-corrected chi connectivity index (χ1v) is 7.90. The molecule has 2 saturated carbocycles. The van der Waals surface area contributed by atoms with Crippen LogP contribution in [0.25, 0.3) is 0 Å². The third-order valence-electron chi connectivity index (χ3n) is 4.70. The molecule has 0 unspecified atom stereocenters. The minimum atomic E-state index is -4.08. The van der Waals surface area contributed by atoms with Crippen molar-refractivity contribution in [2.24, 2.45) is 5.41 Å². The normalized spacial score (nSPS) is 23.9. The van der Waals surface area contributed by atoms with E-state index in [1.807, 2.05) is 7.05 Å². The van der Waals surface area contributed by atoms with E-state index >= 15 is 0 Å². The molecule has 1 N–H and O–H groups in total. The molecule has 0 saturated heterocycles. The van der Waals surface area contributed by atoms with Gasteiger partial charge < -0.3 is 5.32 Å². The second-order valence-electron chi connectivity index (χ2n) is 6.70. The number of hydrogen-bond donors (Lipinski definition) is 1. The van der Waals surface area contributed by atoms with Crippen molar-refractivity contribution in [3.8, 4) is 0 Å². The topological polar surface area (TPSA) is 15.3 Å². The van der Waals surface area contributed by atoms with E-state index in [1.54, 1.807) is 4.90 Å². The molecule has 0 aromatic carbocycles. The standard InChI is InChI=1S/C15H27F3N2/c1-19-10-14(8-4-2-3-5-9-14)11-20(13-6-7-13)12-15(16,17)18/h13,19H,2-12H2,1H3. The van der Waals surface area contributed by atoms with Crippen LogP contribution in [0, 0.1) is 5.41 Å². The van der Waals surface area contributed by atoms with Crippen molar-refractivity contribution in [3.63, 3.8) is 0 Å². The zero-order valence-corrected chi connectivity index (χ0v) is 12.4. The molecule has 0 bridgehead atoms. The molecule has 0 atom stereocenters. The predicted octanol–water partition coefficient (Wildman–Crippen LogP) is 3.57. The third kappa shape index (κ3) is 4.92. The second kappa shape index (κ2) is 6.65. The van der Waals surface area contributed by atoms with E-state index < -0.39 is 12.7 Å². The van der Waals surface area contributed by atoms with Crippen molar-refractivity contribution in [2.45, 2.75) is 63.6 Å². The van der Waals surface area contributed by atoms with Gasteiger partial charge in [0.05, 0.1) is 6.54 Å². The Kier molecular flexibility index (Phi) is 5.35. The van der Waals surface area contributed by atoms with E-state index in [0.717, 1.165) is 45.1 Å². The summed E-state index contributed by atoms with van der Waals surface area (Å²) < 4.78 is 38.3. The minimum Gasteiger partial charge on any atom is -0.319 e. The molecule has 2 nitrogen and oxygen atoms in total. The number of hydrogen-bond acceptors (Lipinski definition) is 2. The van der Waals surface area contributed by atoms with Crippen molar-refractivity contribution in [1.29, 1.82) is 0 Å². The number of rotatable bonds is 6. The van der Waals surface area contributed by atoms with Gasteiger partial charge in [-0.25, -0.2) is 0 Å². The Morgan fingerprint density at radius 3 is 2.15 bits per heavy atom. The zero-order valence-electron chi connectivity index (χ0n) is 12.4. The first-order chi connectivity index (χ1) is 9.44. The van der Waals surface area contributed by atoms with Gasteiger partial charge in [0.25, 0.3) is 0 Å². The lowest BCUT2D eigenvalue weighted by Crippen LogP contribution is -2.47. The summed E-state index contributed by atoms with van der Waals surface area (Å²) in [6, 6.07) is 0.175. The van der Waals surface area contributed by atoms with Crippen LogP contribution in [0.4, 0.5) is 13.2 Å². The third-order valence-corrected chi connectivity index (χ3v) is 4.70. The number of nitrogens with zero attached hydrogens (tertiary/aromatic N) is 1. The van der Waals surface area contributed by atoms with Gasteiger partial charge in [-0.1, -0.05) is 25.7 Å². The van der Waals surface area contributed by atoms with Crippen LogP contribution in [-0.4, -0.2) is 43.8 Å².